The minimum absolute atomic E-state index is 0.290. The maximum absolute atomic E-state index is 5.82. The SMILES string of the molecule is CCN1CCOC(C(C=C(C)C)NC)C1. The fraction of sp³-hybridized carbons (Fsp3) is 0.833. The third-order valence-corrected chi connectivity index (χ3v) is 2.87. The summed E-state index contributed by atoms with van der Waals surface area (Å²) in [6.45, 7) is 10.5. The van der Waals surface area contributed by atoms with E-state index < -0.39 is 0 Å². The Morgan fingerprint density at radius 3 is 2.87 bits per heavy atom. The Bertz CT molecular complexity index is 212. The van der Waals surface area contributed by atoms with Crippen molar-refractivity contribution in [2.24, 2.45) is 0 Å². The molecule has 1 aliphatic rings. The maximum atomic E-state index is 5.82. The number of morpholine rings is 1. The fourth-order valence-corrected chi connectivity index (χ4v) is 1.97. The van der Waals surface area contributed by atoms with Crippen molar-refractivity contribution in [3.63, 3.8) is 0 Å². The molecule has 1 rings (SSSR count). The molecule has 0 saturated carbocycles. The minimum Gasteiger partial charge on any atom is -0.374 e. The second-order valence-corrected chi connectivity index (χ2v) is 4.36. The number of rotatable bonds is 4. The zero-order chi connectivity index (χ0) is 11.3. The topological polar surface area (TPSA) is 24.5 Å². The van der Waals surface area contributed by atoms with Gasteiger partial charge < -0.3 is 10.1 Å². The first-order valence-corrected chi connectivity index (χ1v) is 5.83. The molecule has 88 valence electrons. The molecule has 1 saturated heterocycles. The van der Waals surface area contributed by atoms with Gasteiger partial charge in [-0.25, -0.2) is 0 Å². The Kier molecular flexibility index (Phi) is 5.29. The third kappa shape index (κ3) is 3.93. The van der Waals surface area contributed by atoms with Gasteiger partial charge in [0.15, 0.2) is 0 Å². The van der Waals surface area contributed by atoms with E-state index in [1.807, 2.05) is 7.05 Å². The van der Waals surface area contributed by atoms with Crippen molar-refractivity contribution in [2.45, 2.75) is 32.9 Å². The Morgan fingerprint density at radius 2 is 2.33 bits per heavy atom. The Hall–Kier alpha value is -0.380. The van der Waals surface area contributed by atoms with Gasteiger partial charge in [0.05, 0.1) is 18.8 Å². The van der Waals surface area contributed by atoms with Crippen molar-refractivity contribution in [1.82, 2.24) is 10.2 Å². The lowest BCUT2D eigenvalue weighted by molar-refractivity contribution is -0.0362. The first-order chi connectivity index (χ1) is 7.17. The lowest BCUT2D eigenvalue weighted by Gasteiger charge is -2.35. The number of allylic oxidation sites excluding steroid dienone is 1. The summed E-state index contributed by atoms with van der Waals surface area (Å²) in [5, 5.41) is 3.32. The number of ether oxygens (including phenoxy) is 1. The smallest absolute Gasteiger partial charge is 0.0890 e. The zero-order valence-corrected chi connectivity index (χ0v) is 10.4. The van der Waals surface area contributed by atoms with Gasteiger partial charge in [-0.05, 0) is 27.4 Å². The van der Waals surface area contributed by atoms with E-state index in [4.69, 9.17) is 4.74 Å². The molecule has 0 aromatic carbocycles. The number of likely N-dealkylation sites (N-methyl/N-ethyl adjacent to an activating group) is 2. The summed E-state index contributed by atoms with van der Waals surface area (Å²) < 4.78 is 5.82. The second kappa shape index (κ2) is 6.26. The van der Waals surface area contributed by atoms with Crippen LogP contribution in [0.1, 0.15) is 20.8 Å². The predicted octanol–water partition coefficient (Wildman–Crippen LogP) is 1.26. The lowest BCUT2D eigenvalue weighted by atomic mass is 10.1. The van der Waals surface area contributed by atoms with Crippen molar-refractivity contribution in [3.8, 4) is 0 Å². The van der Waals surface area contributed by atoms with Crippen molar-refractivity contribution in [1.29, 1.82) is 0 Å². The van der Waals surface area contributed by atoms with E-state index in [0.29, 0.717) is 12.1 Å². The van der Waals surface area contributed by atoms with E-state index in [1.165, 1.54) is 5.57 Å². The molecule has 0 aromatic heterocycles. The molecule has 1 fully saturated rings. The van der Waals surface area contributed by atoms with Gasteiger partial charge in [-0.2, -0.15) is 0 Å². The van der Waals surface area contributed by atoms with E-state index in [0.717, 1.165) is 26.2 Å². The number of nitrogens with zero attached hydrogens (tertiary/aromatic N) is 1. The first-order valence-electron chi connectivity index (χ1n) is 5.83. The maximum Gasteiger partial charge on any atom is 0.0890 e. The minimum atomic E-state index is 0.290. The van der Waals surface area contributed by atoms with E-state index >= 15 is 0 Å². The summed E-state index contributed by atoms with van der Waals surface area (Å²) in [5.74, 6) is 0. The van der Waals surface area contributed by atoms with E-state index in [2.05, 4.69) is 37.1 Å². The molecule has 2 unspecified atom stereocenters. The second-order valence-electron chi connectivity index (χ2n) is 4.36. The van der Waals surface area contributed by atoms with Gasteiger partial charge in [0.25, 0.3) is 0 Å². The van der Waals surface area contributed by atoms with Gasteiger partial charge in [-0.3, -0.25) is 4.90 Å². The van der Waals surface area contributed by atoms with Crippen LogP contribution >= 0.6 is 0 Å². The van der Waals surface area contributed by atoms with Gasteiger partial charge >= 0.3 is 0 Å². The summed E-state index contributed by atoms with van der Waals surface area (Å²) in [6.07, 6.45) is 2.54. The Labute approximate surface area is 93.5 Å². The van der Waals surface area contributed by atoms with Crippen LogP contribution in [-0.4, -0.2) is 50.3 Å². The molecule has 15 heavy (non-hydrogen) atoms. The van der Waals surface area contributed by atoms with Crippen molar-refractivity contribution in [2.75, 3.05) is 33.3 Å². The third-order valence-electron chi connectivity index (χ3n) is 2.87. The molecular weight excluding hydrogens is 188 g/mol. The highest BCUT2D eigenvalue weighted by Gasteiger charge is 2.24. The highest BCUT2D eigenvalue weighted by atomic mass is 16.5. The summed E-state index contributed by atoms with van der Waals surface area (Å²) in [5.41, 5.74) is 1.34. The van der Waals surface area contributed by atoms with E-state index in [9.17, 15) is 0 Å². The molecule has 0 spiro atoms. The average Bonchev–Trinajstić information content (AvgIpc) is 2.25. The van der Waals surface area contributed by atoms with Crippen LogP contribution in [0.4, 0.5) is 0 Å². The number of hydrogen-bond acceptors (Lipinski definition) is 3. The van der Waals surface area contributed by atoms with Crippen LogP contribution in [0.15, 0.2) is 11.6 Å². The van der Waals surface area contributed by atoms with E-state index in [1.54, 1.807) is 0 Å². The first kappa shape index (κ1) is 12.7. The van der Waals surface area contributed by atoms with Gasteiger partial charge in [0.1, 0.15) is 0 Å². The lowest BCUT2D eigenvalue weighted by Crippen LogP contribution is -2.50. The van der Waals surface area contributed by atoms with Crippen LogP contribution in [0, 0.1) is 0 Å². The summed E-state index contributed by atoms with van der Waals surface area (Å²) in [6, 6.07) is 0.337. The highest BCUT2D eigenvalue weighted by molar-refractivity contribution is 5.04. The summed E-state index contributed by atoms with van der Waals surface area (Å²) in [7, 11) is 2.00. The van der Waals surface area contributed by atoms with Crippen LogP contribution in [0.5, 0.6) is 0 Å². The zero-order valence-electron chi connectivity index (χ0n) is 10.4. The van der Waals surface area contributed by atoms with Crippen LogP contribution in [0.25, 0.3) is 0 Å². The van der Waals surface area contributed by atoms with Crippen LogP contribution in [0.2, 0.25) is 0 Å². The Morgan fingerprint density at radius 1 is 1.60 bits per heavy atom. The number of nitrogens with one attached hydrogen (secondary N) is 1. The van der Waals surface area contributed by atoms with E-state index in [-0.39, 0.29) is 0 Å². The molecule has 1 heterocycles. The molecule has 0 amide bonds. The van der Waals surface area contributed by atoms with Crippen molar-refractivity contribution < 1.29 is 4.74 Å². The largest absolute Gasteiger partial charge is 0.374 e. The molecule has 0 aromatic rings. The molecule has 1 N–H and O–H groups in total. The summed E-state index contributed by atoms with van der Waals surface area (Å²) in [4.78, 5) is 2.44. The molecule has 0 radical (unpaired) electrons. The van der Waals surface area contributed by atoms with Crippen LogP contribution in [0.3, 0.4) is 0 Å². The van der Waals surface area contributed by atoms with Crippen LogP contribution in [-0.2, 0) is 4.74 Å². The highest BCUT2D eigenvalue weighted by Crippen LogP contribution is 2.11. The fourth-order valence-electron chi connectivity index (χ4n) is 1.97. The van der Waals surface area contributed by atoms with Crippen molar-refractivity contribution >= 4 is 0 Å². The molecule has 3 heteroatoms. The van der Waals surface area contributed by atoms with Gasteiger partial charge in [0, 0.05) is 13.1 Å². The standard InChI is InChI=1S/C12H24N2O/c1-5-14-6-7-15-12(9-14)11(13-4)8-10(2)3/h8,11-13H,5-7,9H2,1-4H3. The number of hydrogen-bond donors (Lipinski definition) is 1. The van der Waals surface area contributed by atoms with Gasteiger partial charge in [-0.1, -0.05) is 18.6 Å². The van der Waals surface area contributed by atoms with Gasteiger partial charge in [0.2, 0.25) is 0 Å². The molecule has 3 nitrogen and oxygen atoms in total. The molecule has 0 bridgehead atoms. The van der Waals surface area contributed by atoms with Gasteiger partial charge in [-0.15, -0.1) is 0 Å². The normalized spacial score (nSPS) is 24.9. The monoisotopic (exact) mass is 212 g/mol. The molecule has 0 aliphatic carbocycles. The molecule has 1 aliphatic heterocycles. The average molecular weight is 212 g/mol. The quantitative estimate of drug-likeness (QED) is 0.710. The van der Waals surface area contributed by atoms with Crippen LogP contribution < -0.4 is 5.32 Å². The van der Waals surface area contributed by atoms with Crippen molar-refractivity contribution in [3.05, 3.63) is 11.6 Å². The summed E-state index contributed by atoms with van der Waals surface area (Å²) >= 11 is 0. The predicted molar refractivity (Wildman–Crippen MR) is 64.1 cm³/mol. The molecular formula is C12H24N2O. The Balaban J connectivity index is 2.56. The molecule has 2 atom stereocenters.